The van der Waals surface area contributed by atoms with Gasteiger partial charge in [0.05, 0.1) is 24.0 Å². The molecule has 14 heavy (non-hydrogen) atoms. The first-order chi connectivity index (χ1) is 6.62. The first-order valence-corrected chi connectivity index (χ1v) is 5.27. The Morgan fingerprint density at radius 1 is 0.929 bits per heavy atom. The van der Waals surface area contributed by atoms with Crippen LogP contribution in [0.5, 0.6) is 0 Å². The van der Waals surface area contributed by atoms with Crippen LogP contribution in [-0.4, -0.2) is 24.4 Å². The molecule has 2 heteroatoms. The lowest BCUT2D eigenvalue weighted by Crippen LogP contribution is -2.68. The van der Waals surface area contributed by atoms with Crippen molar-refractivity contribution in [1.82, 2.24) is 0 Å². The molecule has 0 aromatic carbocycles. The summed E-state index contributed by atoms with van der Waals surface area (Å²) in [4.78, 5) is 0. The molecule has 0 spiro atoms. The fourth-order valence-electron chi connectivity index (χ4n) is 4.26. The first-order valence-electron chi connectivity index (χ1n) is 5.27. The zero-order chi connectivity index (χ0) is 9.66. The SMILES string of the molecule is CC12OC1(C)[C@]13C=CC=C[C@]21COC3. The Morgan fingerprint density at radius 3 is 1.93 bits per heavy atom. The van der Waals surface area contributed by atoms with Crippen LogP contribution in [0.15, 0.2) is 24.3 Å². The van der Waals surface area contributed by atoms with E-state index in [4.69, 9.17) is 9.47 Å². The topological polar surface area (TPSA) is 21.8 Å². The molecule has 4 rings (SSSR count). The van der Waals surface area contributed by atoms with E-state index >= 15 is 0 Å². The van der Waals surface area contributed by atoms with Crippen molar-refractivity contribution in [1.29, 1.82) is 0 Å². The van der Waals surface area contributed by atoms with Gasteiger partial charge in [-0.25, -0.2) is 0 Å². The highest BCUT2D eigenvalue weighted by molar-refractivity contribution is 5.53. The number of epoxide rings is 1. The summed E-state index contributed by atoms with van der Waals surface area (Å²) >= 11 is 0. The fraction of sp³-hybridized carbons (Fsp3) is 0.667. The molecule has 2 unspecified atom stereocenters. The minimum atomic E-state index is 0.0256. The normalized spacial score (nSPS) is 66.7. The third-order valence-electron chi connectivity index (χ3n) is 5.31. The number of fused-ring (bicyclic) bond motifs is 1. The zero-order valence-electron chi connectivity index (χ0n) is 8.54. The van der Waals surface area contributed by atoms with Gasteiger partial charge in [-0.05, 0) is 13.8 Å². The number of rotatable bonds is 0. The number of hydrogen-bond donors (Lipinski definition) is 0. The van der Waals surface area contributed by atoms with Gasteiger partial charge in [0.15, 0.2) is 0 Å². The van der Waals surface area contributed by atoms with E-state index < -0.39 is 0 Å². The lowest BCUT2D eigenvalue weighted by atomic mass is 9.39. The molecule has 2 aliphatic carbocycles. The minimum absolute atomic E-state index is 0.0256. The van der Waals surface area contributed by atoms with Crippen molar-refractivity contribution in [3.8, 4) is 0 Å². The fourth-order valence-corrected chi connectivity index (χ4v) is 4.26. The van der Waals surface area contributed by atoms with Crippen LogP contribution in [0.1, 0.15) is 13.8 Å². The average molecular weight is 190 g/mol. The third-order valence-corrected chi connectivity index (χ3v) is 5.31. The summed E-state index contributed by atoms with van der Waals surface area (Å²) in [5.41, 5.74) is 0.308. The molecule has 0 aromatic rings. The van der Waals surface area contributed by atoms with Crippen molar-refractivity contribution in [3.05, 3.63) is 24.3 Å². The van der Waals surface area contributed by atoms with E-state index in [1.807, 2.05) is 0 Å². The van der Waals surface area contributed by atoms with Crippen molar-refractivity contribution >= 4 is 0 Å². The van der Waals surface area contributed by atoms with Crippen molar-refractivity contribution in [2.75, 3.05) is 13.2 Å². The Bertz CT molecular complexity index is 363. The molecule has 0 N–H and O–H groups in total. The van der Waals surface area contributed by atoms with Crippen LogP contribution in [0.2, 0.25) is 0 Å². The van der Waals surface area contributed by atoms with Gasteiger partial charge in [0.25, 0.3) is 0 Å². The third kappa shape index (κ3) is 0.388. The van der Waals surface area contributed by atoms with Crippen LogP contribution in [0, 0.1) is 10.8 Å². The maximum Gasteiger partial charge on any atom is 0.108 e. The highest BCUT2D eigenvalue weighted by Gasteiger charge is 2.96. The highest BCUT2D eigenvalue weighted by atomic mass is 16.7. The van der Waals surface area contributed by atoms with Crippen molar-refractivity contribution in [3.63, 3.8) is 0 Å². The van der Waals surface area contributed by atoms with E-state index in [-0.39, 0.29) is 22.0 Å². The Labute approximate surface area is 83.6 Å². The van der Waals surface area contributed by atoms with E-state index in [0.717, 1.165) is 13.2 Å². The number of allylic oxidation sites excluding steroid dienone is 2. The quantitative estimate of drug-likeness (QED) is 0.542. The molecule has 2 heterocycles. The van der Waals surface area contributed by atoms with Gasteiger partial charge in [-0.1, -0.05) is 24.3 Å². The second-order valence-electron chi connectivity index (χ2n) is 5.32. The van der Waals surface area contributed by atoms with Gasteiger partial charge in [-0.2, -0.15) is 0 Å². The second-order valence-corrected chi connectivity index (χ2v) is 5.32. The summed E-state index contributed by atoms with van der Waals surface area (Å²) in [6.07, 6.45) is 8.88. The molecule has 3 fully saturated rings. The minimum Gasteiger partial charge on any atom is -0.379 e. The highest BCUT2D eigenvalue weighted by Crippen LogP contribution is 2.85. The van der Waals surface area contributed by atoms with Gasteiger partial charge >= 0.3 is 0 Å². The Kier molecular flexibility index (Phi) is 0.894. The molecular formula is C12H14O2. The smallest absolute Gasteiger partial charge is 0.108 e. The van der Waals surface area contributed by atoms with E-state index in [9.17, 15) is 0 Å². The molecular weight excluding hydrogens is 176 g/mol. The van der Waals surface area contributed by atoms with Crippen molar-refractivity contribution in [2.24, 2.45) is 10.8 Å². The maximum absolute atomic E-state index is 6.02. The summed E-state index contributed by atoms with van der Waals surface area (Å²) in [6.45, 7) is 6.09. The van der Waals surface area contributed by atoms with E-state index in [1.165, 1.54) is 0 Å². The van der Waals surface area contributed by atoms with E-state index in [1.54, 1.807) is 0 Å². The molecule has 2 saturated heterocycles. The predicted octanol–water partition coefficient (Wildman–Crippen LogP) is 1.68. The van der Waals surface area contributed by atoms with Crippen LogP contribution in [0.25, 0.3) is 0 Å². The lowest BCUT2D eigenvalue weighted by Gasteiger charge is -2.57. The largest absolute Gasteiger partial charge is 0.379 e. The average Bonchev–Trinajstić information content (AvgIpc) is 2.63. The molecule has 74 valence electrons. The van der Waals surface area contributed by atoms with Crippen LogP contribution in [0.3, 0.4) is 0 Å². The van der Waals surface area contributed by atoms with Gasteiger partial charge in [0.1, 0.15) is 11.2 Å². The van der Waals surface area contributed by atoms with E-state index in [0.29, 0.717) is 0 Å². The predicted molar refractivity (Wildman–Crippen MR) is 51.9 cm³/mol. The summed E-state index contributed by atoms with van der Waals surface area (Å²) < 4.78 is 11.7. The molecule has 0 amide bonds. The van der Waals surface area contributed by atoms with Gasteiger partial charge in [0.2, 0.25) is 0 Å². The maximum atomic E-state index is 6.02. The van der Waals surface area contributed by atoms with Crippen molar-refractivity contribution in [2.45, 2.75) is 25.0 Å². The lowest BCUT2D eigenvalue weighted by molar-refractivity contribution is 0.0106. The summed E-state index contributed by atoms with van der Waals surface area (Å²) in [6, 6.07) is 0. The van der Waals surface area contributed by atoms with Gasteiger partial charge in [-0.3, -0.25) is 0 Å². The molecule has 2 nitrogen and oxygen atoms in total. The summed E-state index contributed by atoms with van der Waals surface area (Å²) in [5.74, 6) is 0. The van der Waals surface area contributed by atoms with Gasteiger partial charge in [0, 0.05) is 0 Å². The van der Waals surface area contributed by atoms with E-state index in [2.05, 4.69) is 38.2 Å². The molecule has 0 radical (unpaired) electrons. The number of ether oxygens (including phenoxy) is 2. The Morgan fingerprint density at radius 2 is 1.43 bits per heavy atom. The Hall–Kier alpha value is -0.600. The zero-order valence-corrected chi connectivity index (χ0v) is 8.54. The van der Waals surface area contributed by atoms with Crippen LogP contribution in [0.4, 0.5) is 0 Å². The van der Waals surface area contributed by atoms with Crippen LogP contribution < -0.4 is 0 Å². The van der Waals surface area contributed by atoms with Crippen LogP contribution >= 0.6 is 0 Å². The Balaban J connectivity index is 2.00. The van der Waals surface area contributed by atoms with Crippen molar-refractivity contribution < 1.29 is 9.47 Å². The first kappa shape index (κ1) is 7.66. The molecule has 4 atom stereocenters. The second kappa shape index (κ2) is 1.63. The molecule has 2 aliphatic heterocycles. The van der Waals surface area contributed by atoms with Gasteiger partial charge in [-0.15, -0.1) is 0 Å². The van der Waals surface area contributed by atoms with Crippen LogP contribution in [-0.2, 0) is 9.47 Å². The molecule has 0 aromatic heterocycles. The summed E-state index contributed by atoms with van der Waals surface area (Å²) in [7, 11) is 0. The standard InChI is InChI=1S/C12H14O2/c1-9-10(2,14-9)12-6-4-3-5-11(9,12)7-13-8-12/h3-6H,7-8H2,1-2H3/t9?,10?,11-,12+. The molecule has 4 aliphatic rings. The molecule has 0 bridgehead atoms. The molecule has 1 saturated carbocycles. The monoisotopic (exact) mass is 190 g/mol. The number of hydrogen-bond acceptors (Lipinski definition) is 2. The summed E-state index contributed by atoms with van der Waals surface area (Å²) in [5, 5.41) is 0. The van der Waals surface area contributed by atoms with Gasteiger partial charge < -0.3 is 9.47 Å².